The highest BCUT2D eigenvalue weighted by Crippen LogP contribution is 2.12. The van der Waals surface area contributed by atoms with Gasteiger partial charge in [0, 0.05) is 12.2 Å². The average Bonchev–Trinajstić information content (AvgIpc) is 2.88. The minimum atomic E-state index is -1.52. The van der Waals surface area contributed by atoms with E-state index in [2.05, 4.69) is 16.0 Å². The van der Waals surface area contributed by atoms with Gasteiger partial charge in [0.25, 0.3) is 0 Å². The molecular formula is C26H32N4O8. The second-order valence-corrected chi connectivity index (χ2v) is 8.51. The highest BCUT2D eigenvalue weighted by Gasteiger charge is 2.23. The van der Waals surface area contributed by atoms with E-state index < -0.39 is 42.4 Å². The van der Waals surface area contributed by atoms with Crippen molar-refractivity contribution in [1.82, 2.24) is 10.6 Å². The number of nitrogens with two attached hydrogens (primary N) is 1. The first kappa shape index (κ1) is 29.8. The lowest BCUT2D eigenvalue weighted by molar-refractivity contribution is -0.147. The lowest BCUT2D eigenvalue weighted by Crippen LogP contribution is -2.42. The topological polar surface area (TPSA) is 197 Å². The summed E-state index contributed by atoms with van der Waals surface area (Å²) >= 11 is 0. The van der Waals surface area contributed by atoms with E-state index in [0.717, 1.165) is 5.56 Å². The number of hydrogen-bond acceptors (Lipinski definition) is 7. The lowest BCUT2D eigenvalue weighted by Gasteiger charge is -2.14. The maximum absolute atomic E-state index is 12.3. The molecule has 0 saturated carbocycles. The summed E-state index contributed by atoms with van der Waals surface area (Å²) in [5.41, 5.74) is 7.85. The van der Waals surface area contributed by atoms with Gasteiger partial charge in [-0.2, -0.15) is 0 Å². The number of amides is 3. The number of nitrogens with one attached hydrogen (secondary N) is 3. The molecule has 2 rings (SSSR count). The zero-order valence-electron chi connectivity index (χ0n) is 20.7. The van der Waals surface area contributed by atoms with Crippen molar-refractivity contribution in [3.8, 4) is 0 Å². The smallest absolute Gasteiger partial charge is 0.407 e. The molecule has 38 heavy (non-hydrogen) atoms. The van der Waals surface area contributed by atoms with Crippen molar-refractivity contribution in [2.75, 3.05) is 11.9 Å². The summed E-state index contributed by atoms with van der Waals surface area (Å²) in [4.78, 5) is 57.9. The van der Waals surface area contributed by atoms with Crippen LogP contribution in [0, 0.1) is 0 Å². The zero-order valence-corrected chi connectivity index (χ0v) is 20.7. The molecule has 1 unspecified atom stereocenters. The molecule has 0 radical (unpaired) electrons. The maximum Gasteiger partial charge on any atom is 0.407 e. The second kappa shape index (κ2) is 15.6. The highest BCUT2D eigenvalue weighted by atomic mass is 16.5. The number of benzene rings is 2. The normalized spacial score (nSPS) is 12.0. The van der Waals surface area contributed by atoms with Crippen LogP contribution in [0.4, 0.5) is 10.5 Å². The molecule has 0 aliphatic carbocycles. The van der Waals surface area contributed by atoms with Gasteiger partial charge in [0.1, 0.15) is 12.6 Å². The van der Waals surface area contributed by atoms with Gasteiger partial charge >= 0.3 is 18.0 Å². The van der Waals surface area contributed by atoms with Crippen LogP contribution in [0.15, 0.2) is 54.6 Å². The number of carbonyl (C=O) groups is 5. The summed E-state index contributed by atoms with van der Waals surface area (Å²) in [6.07, 6.45) is 0.230. The van der Waals surface area contributed by atoms with Gasteiger partial charge in [0.15, 0.2) is 0 Å². The van der Waals surface area contributed by atoms with Crippen molar-refractivity contribution < 1.29 is 38.9 Å². The van der Waals surface area contributed by atoms with E-state index in [4.69, 9.17) is 20.7 Å². The van der Waals surface area contributed by atoms with E-state index >= 15 is 0 Å². The monoisotopic (exact) mass is 528 g/mol. The predicted molar refractivity (Wildman–Crippen MR) is 137 cm³/mol. The Labute approximate surface area is 219 Å². The number of carboxylic acid groups (broad SMARTS) is 2. The first-order valence-corrected chi connectivity index (χ1v) is 12.0. The molecule has 0 fully saturated rings. The van der Waals surface area contributed by atoms with Crippen LogP contribution >= 0.6 is 0 Å². The summed E-state index contributed by atoms with van der Waals surface area (Å²) in [5.74, 6) is -3.81. The van der Waals surface area contributed by atoms with Crippen molar-refractivity contribution in [3.63, 3.8) is 0 Å². The molecule has 12 nitrogen and oxygen atoms in total. The fraction of sp³-hybridized carbons (Fsp3) is 0.346. The average molecular weight is 529 g/mol. The number of rotatable bonds is 15. The van der Waals surface area contributed by atoms with E-state index in [1.54, 1.807) is 24.3 Å². The zero-order chi connectivity index (χ0) is 27.9. The summed E-state index contributed by atoms with van der Waals surface area (Å²) in [6, 6.07) is 13.3. The third kappa shape index (κ3) is 11.5. The standard InChI is InChI=1S/C26H32N4O8/c27-20(8-4-5-13-28-26(37)38-16-18-6-2-1-3-7-18)24(34)29-19-11-9-17(10-12-19)14-22(31)30-21(25(35)36)15-23(32)33/h1-3,6-7,9-12,20-21H,4-5,8,13-16,27H2,(H,28,37)(H,29,34)(H,30,31)(H,32,33)(H,35,36)/t20?,21-/m0/s1. The Balaban J connectivity index is 1.65. The van der Waals surface area contributed by atoms with Crippen LogP contribution in [0.5, 0.6) is 0 Å². The molecule has 0 aliphatic heterocycles. The third-order valence-corrected chi connectivity index (χ3v) is 5.36. The van der Waals surface area contributed by atoms with Gasteiger partial charge in [0.05, 0.1) is 18.9 Å². The van der Waals surface area contributed by atoms with Crippen molar-refractivity contribution in [1.29, 1.82) is 0 Å². The molecule has 0 aromatic heterocycles. The summed E-state index contributed by atoms with van der Waals surface area (Å²) in [5, 5.41) is 25.3. The minimum Gasteiger partial charge on any atom is -0.481 e. The van der Waals surface area contributed by atoms with Crippen LogP contribution in [0.25, 0.3) is 0 Å². The Morgan fingerprint density at radius 2 is 1.58 bits per heavy atom. The highest BCUT2D eigenvalue weighted by molar-refractivity contribution is 5.94. The number of hydrogen-bond donors (Lipinski definition) is 6. The molecule has 0 saturated heterocycles. The van der Waals surface area contributed by atoms with E-state index in [9.17, 15) is 24.0 Å². The van der Waals surface area contributed by atoms with E-state index in [-0.39, 0.29) is 18.9 Å². The number of ether oxygens (including phenoxy) is 1. The third-order valence-electron chi connectivity index (χ3n) is 5.36. The number of aliphatic carboxylic acids is 2. The lowest BCUT2D eigenvalue weighted by atomic mass is 10.1. The van der Waals surface area contributed by atoms with Crippen molar-refractivity contribution in [2.45, 2.75) is 50.8 Å². The van der Waals surface area contributed by atoms with Crippen LogP contribution in [0.2, 0.25) is 0 Å². The Bertz CT molecular complexity index is 1090. The van der Waals surface area contributed by atoms with E-state index in [1.165, 1.54) is 0 Å². The first-order chi connectivity index (χ1) is 18.1. The van der Waals surface area contributed by atoms with Crippen LogP contribution in [0.3, 0.4) is 0 Å². The Morgan fingerprint density at radius 3 is 2.21 bits per heavy atom. The second-order valence-electron chi connectivity index (χ2n) is 8.51. The van der Waals surface area contributed by atoms with E-state index in [0.29, 0.717) is 37.1 Å². The van der Waals surface area contributed by atoms with Crippen LogP contribution < -0.4 is 21.7 Å². The van der Waals surface area contributed by atoms with Gasteiger partial charge in [0.2, 0.25) is 11.8 Å². The fourth-order valence-electron chi connectivity index (χ4n) is 3.33. The molecule has 0 spiro atoms. The molecule has 2 aromatic carbocycles. The van der Waals surface area contributed by atoms with Crippen LogP contribution in [-0.2, 0) is 36.9 Å². The largest absolute Gasteiger partial charge is 0.481 e. The van der Waals surface area contributed by atoms with Crippen molar-refractivity contribution in [2.24, 2.45) is 5.73 Å². The summed E-state index contributed by atoms with van der Waals surface area (Å²) in [6.45, 7) is 0.574. The molecule has 204 valence electrons. The number of carboxylic acids is 2. The SMILES string of the molecule is NC(CCCCNC(=O)OCc1ccccc1)C(=O)Nc1ccc(CC(=O)N[C@@H](CC(=O)O)C(=O)O)cc1. The molecule has 0 aliphatic rings. The maximum atomic E-state index is 12.3. The van der Waals surface area contributed by atoms with Gasteiger partial charge in [-0.05, 0) is 42.5 Å². The minimum absolute atomic E-state index is 0.162. The molecule has 2 aromatic rings. The predicted octanol–water partition coefficient (Wildman–Crippen LogP) is 1.64. The Kier molecular flexibility index (Phi) is 12.2. The molecular weight excluding hydrogens is 496 g/mol. The molecule has 0 bridgehead atoms. The molecule has 7 N–H and O–H groups in total. The molecule has 2 atom stereocenters. The van der Waals surface area contributed by atoms with Gasteiger partial charge in [-0.25, -0.2) is 9.59 Å². The molecule has 12 heteroatoms. The van der Waals surface area contributed by atoms with Crippen LogP contribution in [-0.4, -0.2) is 58.7 Å². The van der Waals surface area contributed by atoms with E-state index in [1.807, 2.05) is 30.3 Å². The fourth-order valence-corrected chi connectivity index (χ4v) is 3.33. The van der Waals surface area contributed by atoms with Gasteiger partial charge < -0.3 is 36.6 Å². The Hall–Kier alpha value is -4.45. The first-order valence-electron chi connectivity index (χ1n) is 12.0. The number of anilines is 1. The quantitative estimate of drug-likeness (QED) is 0.186. The van der Waals surface area contributed by atoms with Gasteiger partial charge in [-0.3, -0.25) is 14.4 Å². The summed E-state index contributed by atoms with van der Waals surface area (Å²) < 4.78 is 5.12. The van der Waals surface area contributed by atoms with Crippen molar-refractivity contribution >= 4 is 35.5 Å². The van der Waals surface area contributed by atoms with Gasteiger partial charge in [-0.15, -0.1) is 0 Å². The number of unbranched alkanes of at least 4 members (excludes halogenated alkanes) is 1. The molecule has 3 amide bonds. The molecule has 0 heterocycles. The Morgan fingerprint density at radius 1 is 0.895 bits per heavy atom. The summed E-state index contributed by atoms with van der Waals surface area (Å²) in [7, 11) is 0. The number of carbonyl (C=O) groups excluding carboxylic acids is 3. The number of alkyl carbamates (subject to hydrolysis) is 1. The van der Waals surface area contributed by atoms with Crippen LogP contribution in [0.1, 0.15) is 36.8 Å². The van der Waals surface area contributed by atoms with Gasteiger partial charge in [-0.1, -0.05) is 42.5 Å². The van der Waals surface area contributed by atoms with Crippen molar-refractivity contribution in [3.05, 3.63) is 65.7 Å².